The number of benzene rings is 3. The monoisotopic (exact) mass is 509 g/mol. The van der Waals surface area contributed by atoms with Gasteiger partial charge in [-0.15, -0.1) is 0 Å². The van der Waals surface area contributed by atoms with E-state index < -0.39 is 17.7 Å². The summed E-state index contributed by atoms with van der Waals surface area (Å²) >= 11 is 0. The summed E-state index contributed by atoms with van der Waals surface area (Å²) in [6.45, 7) is 5.30. The van der Waals surface area contributed by atoms with Gasteiger partial charge in [0.1, 0.15) is 11.3 Å². The van der Waals surface area contributed by atoms with Gasteiger partial charge in [0, 0.05) is 31.4 Å². The van der Waals surface area contributed by atoms with Gasteiger partial charge in [0.15, 0.2) is 0 Å². The molecule has 0 aliphatic carbocycles. The van der Waals surface area contributed by atoms with E-state index >= 15 is 0 Å². The molecule has 0 bridgehead atoms. The lowest BCUT2D eigenvalue weighted by Crippen LogP contribution is -2.30. The van der Waals surface area contributed by atoms with E-state index in [1.807, 2.05) is 30.3 Å². The van der Waals surface area contributed by atoms with E-state index in [0.717, 1.165) is 17.2 Å². The van der Waals surface area contributed by atoms with E-state index in [2.05, 4.69) is 24.0 Å². The molecule has 3 aromatic carbocycles. The van der Waals surface area contributed by atoms with Crippen LogP contribution in [0.25, 0.3) is 11.0 Å². The number of rotatable bonds is 10. The van der Waals surface area contributed by atoms with Crippen molar-refractivity contribution >= 4 is 16.9 Å². The summed E-state index contributed by atoms with van der Waals surface area (Å²) in [4.78, 5) is 13.2. The molecule has 0 aliphatic heterocycles. The third-order valence-electron chi connectivity index (χ3n) is 6.71. The zero-order valence-corrected chi connectivity index (χ0v) is 20.9. The van der Waals surface area contributed by atoms with Crippen LogP contribution in [0.2, 0.25) is 0 Å². The third kappa shape index (κ3) is 6.80. The van der Waals surface area contributed by atoms with Crippen LogP contribution in [0.4, 0.5) is 13.2 Å². The molecule has 1 heterocycles. The third-order valence-corrected chi connectivity index (χ3v) is 6.71. The SMILES string of the molecule is Cc1c(CN(CCc2cc3cc(CC(=O)O)ccc3o2)C[C@H](C)c2ccccc2)cccc1C(F)(F)F. The van der Waals surface area contributed by atoms with Crippen molar-refractivity contribution in [2.24, 2.45) is 0 Å². The van der Waals surface area contributed by atoms with Crippen LogP contribution in [-0.4, -0.2) is 29.1 Å². The van der Waals surface area contributed by atoms with Crippen molar-refractivity contribution in [2.45, 2.75) is 45.3 Å². The molecular formula is C30H30F3NO3. The normalized spacial score (nSPS) is 12.8. The average Bonchev–Trinajstić information content (AvgIpc) is 3.25. The van der Waals surface area contributed by atoms with Gasteiger partial charge in [0.25, 0.3) is 0 Å². The van der Waals surface area contributed by atoms with Crippen molar-refractivity contribution in [3.8, 4) is 0 Å². The topological polar surface area (TPSA) is 53.7 Å². The number of carbonyl (C=O) groups is 1. The number of nitrogens with zero attached hydrogens (tertiary/aromatic N) is 1. The van der Waals surface area contributed by atoms with Crippen LogP contribution in [0.5, 0.6) is 0 Å². The lowest BCUT2D eigenvalue weighted by atomic mass is 9.98. The van der Waals surface area contributed by atoms with Crippen LogP contribution in [0.3, 0.4) is 0 Å². The molecule has 0 amide bonds. The fourth-order valence-electron chi connectivity index (χ4n) is 4.74. The van der Waals surface area contributed by atoms with Gasteiger partial charge in [-0.25, -0.2) is 0 Å². The maximum atomic E-state index is 13.5. The second-order valence-electron chi connectivity index (χ2n) is 9.54. The molecule has 4 rings (SSSR count). The van der Waals surface area contributed by atoms with Crippen molar-refractivity contribution in [3.05, 3.63) is 106 Å². The Morgan fingerprint density at radius 1 is 1.03 bits per heavy atom. The van der Waals surface area contributed by atoms with Crippen LogP contribution in [0.15, 0.2) is 77.2 Å². The summed E-state index contributed by atoms with van der Waals surface area (Å²) in [5, 5.41) is 9.89. The van der Waals surface area contributed by atoms with Gasteiger partial charge in [-0.1, -0.05) is 55.5 Å². The first-order chi connectivity index (χ1) is 17.6. The summed E-state index contributed by atoms with van der Waals surface area (Å²) in [7, 11) is 0. The van der Waals surface area contributed by atoms with E-state index in [1.54, 1.807) is 18.2 Å². The molecule has 0 radical (unpaired) electrons. The molecule has 7 heteroatoms. The molecular weight excluding hydrogens is 479 g/mol. The standard InChI is InChI=1S/C30H30F3NO3/c1-20(23-7-4-3-5-8-23)18-34(19-24-9-6-10-27(21(24)2)30(31,32)33)14-13-26-17-25-15-22(16-29(35)36)11-12-28(25)37-26/h3-12,15,17,20H,13-14,16,18-19H2,1-2H3,(H,35,36)/t20-/m0/s1. The molecule has 0 aliphatic rings. The Hall–Kier alpha value is -3.58. The predicted octanol–water partition coefficient (Wildman–Crippen LogP) is 7.24. The zero-order chi connectivity index (χ0) is 26.6. The van der Waals surface area contributed by atoms with E-state index in [9.17, 15) is 18.0 Å². The minimum atomic E-state index is -4.39. The molecule has 1 N–H and O–H groups in total. The first kappa shape index (κ1) is 26.5. The molecule has 1 aromatic heterocycles. The highest BCUT2D eigenvalue weighted by Gasteiger charge is 2.33. The molecule has 4 aromatic rings. The summed E-state index contributed by atoms with van der Waals surface area (Å²) in [5.41, 5.74) is 2.85. The highest BCUT2D eigenvalue weighted by molar-refractivity contribution is 5.80. The van der Waals surface area contributed by atoms with Crippen LogP contribution in [0, 0.1) is 6.92 Å². The molecule has 0 saturated heterocycles. The highest BCUT2D eigenvalue weighted by atomic mass is 19.4. The lowest BCUT2D eigenvalue weighted by Gasteiger charge is -2.27. The van der Waals surface area contributed by atoms with Gasteiger partial charge >= 0.3 is 12.1 Å². The number of alkyl halides is 3. The molecule has 0 unspecified atom stereocenters. The smallest absolute Gasteiger partial charge is 0.416 e. The average molecular weight is 510 g/mol. The number of fused-ring (bicyclic) bond motifs is 1. The van der Waals surface area contributed by atoms with Gasteiger partial charge in [-0.2, -0.15) is 13.2 Å². The van der Waals surface area contributed by atoms with Crippen molar-refractivity contribution in [1.82, 2.24) is 4.90 Å². The molecule has 4 nitrogen and oxygen atoms in total. The number of carboxylic acids is 1. The van der Waals surface area contributed by atoms with Gasteiger partial charge in [0.05, 0.1) is 12.0 Å². The first-order valence-corrected chi connectivity index (χ1v) is 12.3. The Morgan fingerprint density at radius 3 is 2.49 bits per heavy atom. The van der Waals surface area contributed by atoms with E-state index in [1.165, 1.54) is 18.6 Å². The number of halogens is 3. The fraction of sp³-hybridized carbons (Fsp3) is 0.300. The number of furan rings is 1. The van der Waals surface area contributed by atoms with E-state index in [4.69, 9.17) is 9.52 Å². The van der Waals surface area contributed by atoms with Crippen molar-refractivity contribution < 1.29 is 27.5 Å². The molecule has 194 valence electrons. The maximum absolute atomic E-state index is 13.5. The molecule has 37 heavy (non-hydrogen) atoms. The Bertz CT molecular complexity index is 1360. The van der Waals surface area contributed by atoms with Crippen LogP contribution in [0.1, 0.15) is 46.4 Å². The molecule has 0 saturated carbocycles. The number of carboxylic acid groups (broad SMARTS) is 1. The second-order valence-corrected chi connectivity index (χ2v) is 9.54. The van der Waals surface area contributed by atoms with E-state index in [-0.39, 0.29) is 17.9 Å². The number of hydrogen-bond donors (Lipinski definition) is 1. The number of hydrogen-bond acceptors (Lipinski definition) is 3. The van der Waals surface area contributed by atoms with Crippen molar-refractivity contribution in [3.63, 3.8) is 0 Å². The maximum Gasteiger partial charge on any atom is 0.416 e. The Kier molecular flexibility index (Phi) is 8.03. The Balaban J connectivity index is 1.55. The molecule has 1 atom stereocenters. The lowest BCUT2D eigenvalue weighted by molar-refractivity contribution is -0.138. The summed E-state index contributed by atoms with van der Waals surface area (Å²) in [6, 6.07) is 21.7. The van der Waals surface area contributed by atoms with Crippen LogP contribution in [-0.2, 0) is 30.4 Å². The number of aliphatic carboxylic acids is 1. The summed E-state index contributed by atoms with van der Waals surface area (Å²) in [5.74, 6) is 0.0401. The van der Waals surface area contributed by atoms with Crippen molar-refractivity contribution in [2.75, 3.05) is 13.1 Å². The quantitative estimate of drug-likeness (QED) is 0.245. The highest BCUT2D eigenvalue weighted by Crippen LogP contribution is 2.33. The second kappa shape index (κ2) is 11.2. The zero-order valence-electron chi connectivity index (χ0n) is 20.9. The first-order valence-electron chi connectivity index (χ1n) is 12.3. The Morgan fingerprint density at radius 2 is 1.78 bits per heavy atom. The molecule has 0 fully saturated rings. The van der Waals surface area contributed by atoms with Gasteiger partial charge < -0.3 is 9.52 Å². The minimum Gasteiger partial charge on any atom is -0.481 e. The summed E-state index contributed by atoms with van der Waals surface area (Å²) in [6.07, 6.45) is -3.88. The van der Waals surface area contributed by atoms with Crippen LogP contribution < -0.4 is 0 Å². The van der Waals surface area contributed by atoms with Gasteiger partial charge in [-0.3, -0.25) is 9.69 Å². The molecule has 0 spiro atoms. The Labute approximate surface area is 214 Å². The van der Waals surface area contributed by atoms with E-state index in [0.29, 0.717) is 42.8 Å². The van der Waals surface area contributed by atoms with Gasteiger partial charge in [0.2, 0.25) is 0 Å². The predicted molar refractivity (Wildman–Crippen MR) is 138 cm³/mol. The van der Waals surface area contributed by atoms with Crippen molar-refractivity contribution in [1.29, 1.82) is 0 Å². The largest absolute Gasteiger partial charge is 0.481 e. The minimum absolute atomic E-state index is 0.0576. The van der Waals surface area contributed by atoms with Gasteiger partial charge in [-0.05, 0) is 59.4 Å². The van der Waals surface area contributed by atoms with Crippen LogP contribution >= 0.6 is 0 Å². The fourth-order valence-corrected chi connectivity index (χ4v) is 4.74. The summed E-state index contributed by atoms with van der Waals surface area (Å²) < 4.78 is 46.5.